The average molecular weight is 274 g/mol. The number of piperidine rings is 1. The van der Waals surface area contributed by atoms with E-state index in [1.54, 1.807) is 0 Å². The topological polar surface area (TPSA) is 29.3 Å². The van der Waals surface area contributed by atoms with Crippen LogP contribution < -0.4 is 5.73 Å². The first-order chi connectivity index (χ1) is 9.56. The fourth-order valence-corrected chi connectivity index (χ4v) is 3.05. The standard InChI is InChI=1S/C18H30N2/c1-14(2)18(19)12-17-6-4-5-11-20(17)13-16-9-7-15(3)8-10-16/h7-10,14,17-18H,4-6,11-13,19H2,1-3H3. The molecule has 1 saturated heterocycles. The number of hydrogen-bond donors (Lipinski definition) is 1. The van der Waals surface area contributed by atoms with Crippen molar-refractivity contribution in [2.75, 3.05) is 6.54 Å². The molecule has 2 nitrogen and oxygen atoms in total. The Labute approximate surface area is 124 Å². The van der Waals surface area contributed by atoms with E-state index in [0.717, 1.165) is 13.0 Å². The van der Waals surface area contributed by atoms with Crippen LogP contribution in [0.15, 0.2) is 24.3 Å². The number of hydrogen-bond acceptors (Lipinski definition) is 2. The van der Waals surface area contributed by atoms with Crippen molar-refractivity contribution in [3.8, 4) is 0 Å². The molecule has 1 aliphatic rings. The van der Waals surface area contributed by atoms with Crippen LogP contribution in [0.3, 0.4) is 0 Å². The van der Waals surface area contributed by atoms with Crippen molar-refractivity contribution < 1.29 is 0 Å². The van der Waals surface area contributed by atoms with Gasteiger partial charge in [-0.25, -0.2) is 0 Å². The minimum atomic E-state index is 0.332. The zero-order valence-corrected chi connectivity index (χ0v) is 13.3. The summed E-state index contributed by atoms with van der Waals surface area (Å²) >= 11 is 0. The fraction of sp³-hybridized carbons (Fsp3) is 0.667. The second-order valence-electron chi connectivity index (χ2n) is 6.75. The number of nitrogens with two attached hydrogens (primary N) is 1. The Kier molecular flexibility index (Phi) is 5.62. The molecule has 1 heterocycles. The molecule has 0 amide bonds. The molecule has 1 aromatic rings. The lowest BCUT2D eigenvalue weighted by atomic mass is 9.91. The summed E-state index contributed by atoms with van der Waals surface area (Å²) in [6.45, 7) is 8.92. The van der Waals surface area contributed by atoms with Crippen molar-refractivity contribution in [1.29, 1.82) is 0 Å². The van der Waals surface area contributed by atoms with Gasteiger partial charge in [0.15, 0.2) is 0 Å². The molecule has 2 heteroatoms. The molecule has 2 unspecified atom stereocenters. The summed E-state index contributed by atoms with van der Waals surface area (Å²) in [6.07, 6.45) is 5.15. The van der Waals surface area contributed by atoms with Gasteiger partial charge in [0.1, 0.15) is 0 Å². The molecule has 20 heavy (non-hydrogen) atoms. The van der Waals surface area contributed by atoms with Crippen molar-refractivity contribution in [3.63, 3.8) is 0 Å². The fourth-order valence-electron chi connectivity index (χ4n) is 3.05. The lowest BCUT2D eigenvalue weighted by Gasteiger charge is -2.37. The van der Waals surface area contributed by atoms with Crippen LogP contribution >= 0.6 is 0 Å². The first-order valence-electron chi connectivity index (χ1n) is 8.11. The van der Waals surface area contributed by atoms with Gasteiger partial charge in [0, 0.05) is 18.6 Å². The first kappa shape index (κ1) is 15.5. The Morgan fingerprint density at radius 3 is 2.55 bits per heavy atom. The van der Waals surface area contributed by atoms with Crippen molar-refractivity contribution in [1.82, 2.24) is 4.90 Å². The highest BCUT2D eigenvalue weighted by Gasteiger charge is 2.25. The largest absolute Gasteiger partial charge is 0.327 e. The maximum Gasteiger partial charge on any atom is 0.0236 e. The molecule has 0 spiro atoms. The summed E-state index contributed by atoms with van der Waals surface area (Å²) < 4.78 is 0. The Morgan fingerprint density at radius 2 is 1.90 bits per heavy atom. The van der Waals surface area contributed by atoms with E-state index in [-0.39, 0.29) is 0 Å². The molecule has 2 atom stereocenters. The Bertz CT molecular complexity index is 396. The molecule has 2 rings (SSSR count). The van der Waals surface area contributed by atoms with Gasteiger partial charge in [-0.3, -0.25) is 4.90 Å². The van der Waals surface area contributed by atoms with Crippen molar-refractivity contribution in [2.45, 2.75) is 65.1 Å². The van der Waals surface area contributed by atoms with Crippen LogP contribution in [-0.2, 0) is 6.54 Å². The van der Waals surface area contributed by atoms with E-state index in [9.17, 15) is 0 Å². The molecule has 1 fully saturated rings. The molecule has 0 aromatic heterocycles. The van der Waals surface area contributed by atoms with Gasteiger partial charge in [-0.15, -0.1) is 0 Å². The zero-order valence-electron chi connectivity index (χ0n) is 13.3. The molecule has 1 aliphatic heterocycles. The smallest absolute Gasteiger partial charge is 0.0236 e. The van der Waals surface area contributed by atoms with E-state index in [0.29, 0.717) is 18.0 Å². The van der Waals surface area contributed by atoms with Gasteiger partial charge < -0.3 is 5.73 Å². The lowest BCUT2D eigenvalue weighted by molar-refractivity contribution is 0.121. The minimum Gasteiger partial charge on any atom is -0.327 e. The van der Waals surface area contributed by atoms with Gasteiger partial charge in [0.2, 0.25) is 0 Å². The monoisotopic (exact) mass is 274 g/mol. The third-order valence-electron chi connectivity index (χ3n) is 4.66. The van der Waals surface area contributed by atoms with E-state index >= 15 is 0 Å². The molecule has 0 saturated carbocycles. The SMILES string of the molecule is Cc1ccc(CN2CCCCC2CC(N)C(C)C)cc1. The third-order valence-corrected chi connectivity index (χ3v) is 4.66. The second kappa shape index (κ2) is 7.24. The predicted molar refractivity (Wildman–Crippen MR) is 86.7 cm³/mol. The Morgan fingerprint density at radius 1 is 1.20 bits per heavy atom. The molecule has 112 valence electrons. The maximum atomic E-state index is 6.30. The zero-order chi connectivity index (χ0) is 14.5. The normalized spacial score (nSPS) is 22.1. The molecule has 0 radical (unpaired) electrons. The van der Waals surface area contributed by atoms with Crippen LogP contribution in [0.25, 0.3) is 0 Å². The van der Waals surface area contributed by atoms with E-state index in [4.69, 9.17) is 5.73 Å². The summed E-state index contributed by atoms with van der Waals surface area (Å²) in [5.41, 5.74) is 9.07. The van der Waals surface area contributed by atoms with E-state index in [2.05, 4.69) is 49.9 Å². The number of aryl methyl sites for hydroxylation is 1. The minimum absolute atomic E-state index is 0.332. The van der Waals surface area contributed by atoms with Crippen LogP contribution in [0, 0.1) is 12.8 Å². The highest BCUT2D eigenvalue weighted by atomic mass is 15.2. The van der Waals surface area contributed by atoms with Crippen LogP contribution in [0.1, 0.15) is 50.7 Å². The van der Waals surface area contributed by atoms with Crippen molar-refractivity contribution in [2.24, 2.45) is 11.7 Å². The average Bonchev–Trinajstić information content (AvgIpc) is 2.43. The van der Waals surface area contributed by atoms with Gasteiger partial charge >= 0.3 is 0 Å². The number of likely N-dealkylation sites (tertiary alicyclic amines) is 1. The summed E-state index contributed by atoms with van der Waals surface area (Å²) in [6, 6.07) is 9.97. The lowest BCUT2D eigenvalue weighted by Crippen LogP contribution is -2.43. The number of rotatable bonds is 5. The van der Waals surface area contributed by atoms with Gasteiger partial charge in [0.05, 0.1) is 0 Å². The second-order valence-corrected chi connectivity index (χ2v) is 6.75. The summed E-state index contributed by atoms with van der Waals surface area (Å²) in [4.78, 5) is 2.65. The Hall–Kier alpha value is -0.860. The molecule has 1 aromatic carbocycles. The molecular formula is C18H30N2. The van der Waals surface area contributed by atoms with Gasteiger partial charge in [-0.1, -0.05) is 50.1 Å². The molecule has 2 N–H and O–H groups in total. The molecule has 0 bridgehead atoms. The summed E-state index contributed by atoms with van der Waals surface area (Å²) in [5.74, 6) is 0.582. The summed E-state index contributed by atoms with van der Waals surface area (Å²) in [7, 11) is 0. The number of nitrogens with zero attached hydrogens (tertiary/aromatic N) is 1. The van der Waals surface area contributed by atoms with Crippen LogP contribution in [0.2, 0.25) is 0 Å². The van der Waals surface area contributed by atoms with Crippen LogP contribution in [0.5, 0.6) is 0 Å². The first-order valence-corrected chi connectivity index (χ1v) is 8.11. The van der Waals surface area contributed by atoms with Crippen molar-refractivity contribution in [3.05, 3.63) is 35.4 Å². The van der Waals surface area contributed by atoms with E-state index in [1.807, 2.05) is 0 Å². The van der Waals surface area contributed by atoms with Crippen LogP contribution in [0.4, 0.5) is 0 Å². The maximum absolute atomic E-state index is 6.30. The van der Waals surface area contributed by atoms with Crippen molar-refractivity contribution >= 4 is 0 Å². The Balaban J connectivity index is 1.97. The molecular weight excluding hydrogens is 244 g/mol. The summed E-state index contributed by atoms with van der Waals surface area (Å²) in [5, 5.41) is 0. The van der Waals surface area contributed by atoms with Gasteiger partial charge in [0.25, 0.3) is 0 Å². The third kappa shape index (κ3) is 4.32. The van der Waals surface area contributed by atoms with E-state index in [1.165, 1.54) is 36.9 Å². The van der Waals surface area contributed by atoms with Gasteiger partial charge in [-0.2, -0.15) is 0 Å². The van der Waals surface area contributed by atoms with Crippen LogP contribution in [-0.4, -0.2) is 23.5 Å². The van der Waals surface area contributed by atoms with Gasteiger partial charge in [-0.05, 0) is 44.2 Å². The van der Waals surface area contributed by atoms with E-state index < -0.39 is 0 Å². The molecule has 0 aliphatic carbocycles. The number of benzene rings is 1. The highest BCUT2D eigenvalue weighted by molar-refractivity contribution is 5.21. The quantitative estimate of drug-likeness (QED) is 0.886. The predicted octanol–water partition coefficient (Wildman–Crippen LogP) is 3.72. The highest BCUT2D eigenvalue weighted by Crippen LogP contribution is 2.24.